The smallest absolute Gasteiger partial charge is 0.161 e. The Morgan fingerprint density at radius 3 is 2.65 bits per heavy atom. The van der Waals surface area contributed by atoms with E-state index in [1.54, 1.807) is 20.4 Å². The Hall–Kier alpha value is -1.11. The van der Waals surface area contributed by atoms with Crippen molar-refractivity contribution in [1.29, 1.82) is 0 Å². The maximum atomic E-state index is 6.44. The molecule has 0 aromatic carbocycles. The van der Waals surface area contributed by atoms with E-state index in [1.165, 1.54) is 12.8 Å². The molecule has 0 saturated heterocycles. The first-order chi connectivity index (χ1) is 9.58. The highest BCUT2D eigenvalue weighted by Gasteiger charge is 2.38. The molecule has 1 aliphatic rings. The summed E-state index contributed by atoms with van der Waals surface area (Å²) in [5.74, 6) is 1.32. The van der Waals surface area contributed by atoms with E-state index in [0.29, 0.717) is 5.92 Å². The first kappa shape index (κ1) is 15.3. The van der Waals surface area contributed by atoms with Crippen LogP contribution in [0.1, 0.15) is 24.6 Å². The van der Waals surface area contributed by atoms with Crippen LogP contribution in [0.15, 0.2) is 6.20 Å². The lowest BCUT2D eigenvalue weighted by Gasteiger charge is -2.24. The molecule has 1 aromatic rings. The minimum atomic E-state index is -0.202. The van der Waals surface area contributed by atoms with Crippen molar-refractivity contribution < 1.29 is 9.47 Å². The van der Waals surface area contributed by atoms with E-state index in [-0.39, 0.29) is 12.1 Å². The third kappa shape index (κ3) is 3.31. The van der Waals surface area contributed by atoms with E-state index >= 15 is 0 Å². The molecule has 1 heterocycles. The Labute approximate surface area is 120 Å². The van der Waals surface area contributed by atoms with Gasteiger partial charge in [0.05, 0.1) is 37.7 Å². The molecule has 1 aromatic heterocycles. The quantitative estimate of drug-likeness (QED) is 0.766. The van der Waals surface area contributed by atoms with E-state index in [9.17, 15) is 0 Å². The average molecular weight is 282 g/mol. The highest BCUT2D eigenvalue weighted by molar-refractivity contribution is 5.29. The average Bonchev–Trinajstić information content (AvgIpc) is 3.16. The minimum absolute atomic E-state index is 0.0405. The molecule has 6 nitrogen and oxygen atoms in total. The van der Waals surface area contributed by atoms with Gasteiger partial charge in [0.15, 0.2) is 5.75 Å². The molecule has 114 valence electrons. The van der Waals surface area contributed by atoms with E-state index < -0.39 is 0 Å². The third-order valence-electron chi connectivity index (χ3n) is 3.85. The molecule has 2 rings (SSSR count). The second kappa shape index (κ2) is 6.56. The van der Waals surface area contributed by atoms with Gasteiger partial charge in [0.1, 0.15) is 0 Å². The van der Waals surface area contributed by atoms with Gasteiger partial charge in [-0.25, -0.2) is 0 Å². The summed E-state index contributed by atoms with van der Waals surface area (Å²) in [6.45, 7) is 1.70. The molecule has 20 heavy (non-hydrogen) atoms. The van der Waals surface area contributed by atoms with Crippen LogP contribution in [0.4, 0.5) is 0 Å². The zero-order valence-electron chi connectivity index (χ0n) is 12.9. The van der Waals surface area contributed by atoms with Crippen molar-refractivity contribution in [3.05, 3.63) is 11.9 Å². The standard InChI is InChI=1S/C14H26N4O2/c1-17(2)7-8-18-13(11(19-3)9-16-18)12(15)14(20-4)10-5-6-10/h9-10,12,14H,5-8,15H2,1-4H3. The van der Waals surface area contributed by atoms with Gasteiger partial charge in [-0.05, 0) is 32.9 Å². The van der Waals surface area contributed by atoms with Gasteiger partial charge >= 0.3 is 0 Å². The minimum Gasteiger partial charge on any atom is -0.493 e. The number of nitrogens with zero attached hydrogens (tertiary/aromatic N) is 3. The predicted molar refractivity (Wildman–Crippen MR) is 77.8 cm³/mol. The predicted octanol–water partition coefficient (Wildman–Crippen LogP) is 0.878. The normalized spacial score (nSPS) is 18.3. The maximum Gasteiger partial charge on any atom is 0.161 e. The fourth-order valence-electron chi connectivity index (χ4n) is 2.56. The van der Waals surface area contributed by atoms with Crippen LogP contribution in [0.2, 0.25) is 0 Å². The van der Waals surface area contributed by atoms with Crippen LogP contribution in [0, 0.1) is 5.92 Å². The van der Waals surface area contributed by atoms with E-state index in [1.807, 2.05) is 18.8 Å². The van der Waals surface area contributed by atoms with Gasteiger partial charge in [-0.3, -0.25) is 4.68 Å². The van der Waals surface area contributed by atoms with Crippen LogP contribution in [0.5, 0.6) is 5.75 Å². The molecule has 0 amide bonds. The largest absolute Gasteiger partial charge is 0.493 e. The topological polar surface area (TPSA) is 65.5 Å². The third-order valence-corrected chi connectivity index (χ3v) is 3.85. The van der Waals surface area contributed by atoms with Gasteiger partial charge in [0.25, 0.3) is 0 Å². The summed E-state index contributed by atoms with van der Waals surface area (Å²) in [4.78, 5) is 2.12. The van der Waals surface area contributed by atoms with Crippen molar-refractivity contribution in [3.63, 3.8) is 0 Å². The molecule has 2 atom stereocenters. The molecule has 0 bridgehead atoms. The lowest BCUT2D eigenvalue weighted by molar-refractivity contribution is 0.0591. The van der Waals surface area contributed by atoms with Gasteiger partial charge in [0.2, 0.25) is 0 Å². The Morgan fingerprint density at radius 2 is 2.15 bits per heavy atom. The Bertz CT molecular complexity index is 429. The van der Waals surface area contributed by atoms with Gasteiger partial charge in [0, 0.05) is 13.7 Å². The SMILES string of the molecule is COc1cnn(CCN(C)C)c1C(N)C(OC)C1CC1. The summed E-state index contributed by atoms with van der Waals surface area (Å²) < 4.78 is 13.0. The molecule has 1 saturated carbocycles. The van der Waals surface area contributed by atoms with Crippen LogP contribution in [-0.4, -0.2) is 55.6 Å². The van der Waals surface area contributed by atoms with Crippen molar-refractivity contribution in [2.75, 3.05) is 34.9 Å². The Balaban J connectivity index is 2.20. The van der Waals surface area contributed by atoms with E-state index in [0.717, 1.165) is 24.5 Å². The molecule has 0 aliphatic heterocycles. The molecule has 2 unspecified atom stereocenters. The lowest BCUT2D eigenvalue weighted by Crippen LogP contribution is -2.33. The summed E-state index contributed by atoms with van der Waals surface area (Å²) >= 11 is 0. The van der Waals surface area contributed by atoms with Crippen molar-refractivity contribution in [2.45, 2.75) is 31.5 Å². The zero-order valence-corrected chi connectivity index (χ0v) is 12.9. The summed E-state index contributed by atoms with van der Waals surface area (Å²) in [5, 5.41) is 4.41. The number of rotatable bonds is 8. The number of methoxy groups -OCH3 is 2. The number of aromatic nitrogens is 2. The van der Waals surface area contributed by atoms with Gasteiger partial charge < -0.3 is 20.1 Å². The van der Waals surface area contributed by atoms with Crippen LogP contribution < -0.4 is 10.5 Å². The van der Waals surface area contributed by atoms with Crippen LogP contribution in [-0.2, 0) is 11.3 Å². The molecular formula is C14H26N4O2. The fourth-order valence-corrected chi connectivity index (χ4v) is 2.56. The second-order valence-corrected chi connectivity index (χ2v) is 5.69. The number of likely N-dealkylation sites (N-methyl/N-ethyl adjacent to an activating group) is 1. The summed E-state index contributed by atoms with van der Waals surface area (Å²) in [6, 6.07) is -0.202. The molecule has 1 fully saturated rings. The van der Waals surface area contributed by atoms with Crippen LogP contribution in [0.25, 0.3) is 0 Å². The number of ether oxygens (including phenoxy) is 2. The number of hydrogen-bond acceptors (Lipinski definition) is 5. The van der Waals surface area contributed by atoms with Gasteiger partial charge in [-0.1, -0.05) is 0 Å². The Kier molecular flexibility index (Phi) is 5.01. The first-order valence-corrected chi connectivity index (χ1v) is 7.11. The second-order valence-electron chi connectivity index (χ2n) is 5.69. The number of nitrogens with two attached hydrogens (primary N) is 1. The summed E-state index contributed by atoms with van der Waals surface area (Å²) in [6.07, 6.45) is 4.17. The van der Waals surface area contributed by atoms with Gasteiger partial charge in [-0.15, -0.1) is 0 Å². The van der Waals surface area contributed by atoms with Crippen LogP contribution >= 0.6 is 0 Å². The molecule has 2 N–H and O–H groups in total. The summed E-state index contributed by atoms with van der Waals surface area (Å²) in [5.41, 5.74) is 7.38. The van der Waals surface area contributed by atoms with Gasteiger partial charge in [-0.2, -0.15) is 5.10 Å². The summed E-state index contributed by atoms with van der Waals surface area (Å²) in [7, 11) is 7.48. The van der Waals surface area contributed by atoms with E-state index in [2.05, 4.69) is 10.00 Å². The molecular weight excluding hydrogens is 256 g/mol. The van der Waals surface area contributed by atoms with E-state index in [4.69, 9.17) is 15.2 Å². The molecule has 1 aliphatic carbocycles. The lowest BCUT2D eigenvalue weighted by atomic mass is 10.0. The molecule has 6 heteroatoms. The number of hydrogen-bond donors (Lipinski definition) is 1. The van der Waals surface area contributed by atoms with Crippen molar-refractivity contribution in [1.82, 2.24) is 14.7 Å². The van der Waals surface area contributed by atoms with Crippen molar-refractivity contribution >= 4 is 0 Å². The highest BCUT2D eigenvalue weighted by atomic mass is 16.5. The zero-order chi connectivity index (χ0) is 14.7. The maximum absolute atomic E-state index is 6.44. The highest BCUT2D eigenvalue weighted by Crippen LogP contribution is 2.40. The monoisotopic (exact) mass is 282 g/mol. The molecule has 0 spiro atoms. The Morgan fingerprint density at radius 1 is 1.45 bits per heavy atom. The van der Waals surface area contributed by atoms with Crippen molar-refractivity contribution in [2.24, 2.45) is 11.7 Å². The first-order valence-electron chi connectivity index (χ1n) is 7.11. The molecule has 0 radical (unpaired) electrons. The van der Waals surface area contributed by atoms with Crippen LogP contribution in [0.3, 0.4) is 0 Å². The fraction of sp³-hybridized carbons (Fsp3) is 0.786. The van der Waals surface area contributed by atoms with Crippen molar-refractivity contribution in [3.8, 4) is 5.75 Å².